The average Bonchev–Trinajstić information content (AvgIpc) is 2.59. The van der Waals surface area contributed by atoms with Crippen molar-refractivity contribution in [2.75, 3.05) is 6.61 Å². The lowest BCUT2D eigenvalue weighted by molar-refractivity contribution is 0.0975. The molecule has 6 nitrogen and oxygen atoms in total. The summed E-state index contributed by atoms with van der Waals surface area (Å²) in [5.41, 5.74) is -0.0182. The van der Waals surface area contributed by atoms with Gasteiger partial charge in [-0.05, 0) is 63.0 Å². The number of halogens is 2. The van der Waals surface area contributed by atoms with Crippen LogP contribution in [0.4, 0.5) is 13.6 Å². The van der Waals surface area contributed by atoms with E-state index < -0.39 is 23.6 Å². The maximum atomic E-state index is 13.2. The zero-order valence-corrected chi connectivity index (χ0v) is 15.1. The van der Waals surface area contributed by atoms with Crippen molar-refractivity contribution in [3.63, 3.8) is 0 Å². The zero-order chi connectivity index (χ0) is 19.1. The summed E-state index contributed by atoms with van der Waals surface area (Å²) in [5.74, 6) is -2.72. The van der Waals surface area contributed by atoms with Gasteiger partial charge in [-0.1, -0.05) is 0 Å². The van der Waals surface area contributed by atoms with Gasteiger partial charge in [-0.15, -0.1) is 0 Å². The van der Waals surface area contributed by atoms with Gasteiger partial charge in [0.1, 0.15) is 0 Å². The SMILES string of the molecule is CCOC(=O)N[C@H]1CC[C@H](NC(=S)NC(=O)c2ccc(F)c(F)c2)CC1. The fourth-order valence-corrected chi connectivity index (χ4v) is 3.02. The van der Waals surface area contributed by atoms with Gasteiger partial charge in [0, 0.05) is 17.6 Å². The molecule has 0 aliphatic heterocycles. The summed E-state index contributed by atoms with van der Waals surface area (Å²) < 4.78 is 30.9. The van der Waals surface area contributed by atoms with E-state index in [4.69, 9.17) is 17.0 Å². The van der Waals surface area contributed by atoms with Gasteiger partial charge in [-0.25, -0.2) is 13.6 Å². The van der Waals surface area contributed by atoms with Crippen molar-refractivity contribution in [3.8, 4) is 0 Å². The molecule has 3 N–H and O–H groups in total. The zero-order valence-electron chi connectivity index (χ0n) is 14.3. The fourth-order valence-electron chi connectivity index (χ4n) is 2.76. The highest BCUT2D eigenvalue weighted by atomic mass is 32.1. The second-order valence-electron chi connectivity index (χ2n) is 5.97. The normalized spacial score (nSPS) is 19.3. The van der Waals surface area contributed by atoms with Crippen molar-refractivity contribution in [3.05, 3.63) is 35.4 Å². The van der Waals surface area contributed by atoms with Gasteiger partial charge in [0.25, 0.3) is 5.91 Å². The topological polar surface area (TPSA) is 79.5 Å². The summed E-state index contributed by atoms with van der Waals surface area (Å²) in [7, 11) is 0. The molecule has 1 aliphatic rings. The number of nitrogens with one attached hydrogen (secondary N) is 3. The molecule has 2 rings (SSSR count). The first-order valence-electron chi connectivity index (χ1n) is 8.39. The lowest BCUT2D eigenvalue weighted by Gasteiger charge is -2.30. The minimum absolute atomic E-state index is 0.0182. The number of thiocarbonyl (C=S) groups is 1. The molecule has 1 aliphatic carbocycles. The molecule has 1 saturated carbocycles. The third-order valence-corrected chi connectivity index (χ3v) is 4.29. The molecule has 2 amide bonds. The van der Waals surface area contributed by atoms with Crippen LogP contribution in [0.25, 0.3) is 0 Å². The van der Waals surface area contributed by atoms with E-state index in [0.29, 0.717) is 6.61 Å². The highest BCUT2D eigenvalue weighted by Crippen LogP contribution is 2.18. The Morgan fingerprint density at radius 3 is 2.31 bits per heavy atom. The molecule has 0 radical (unpaired) electrons. The Bertz CT molecular complexity index is 679. The quantitative estimate of drug-likeness (QED) is 0.695. The predicted molar refractivity (Wildman–Crippen MR) is 95.8 cm³/mol. The number of rotatable bonds is 4. The lowest BCUT2D eigenvalue weighted by atomic mass is 9.91. The van der Waals surface area contributed by atoms with Crippen molar-refractivity contribution in [1.29, 1.82) is 0 Å². The number of ether oxygens (including phenoxy) is 1. The molecule has 0 saturated heterocycles. The molecule has 0 heterocycles. The van der Waals surface area contributed by atoms with E-state index in [1.165, 1.54) is 6.07 Å². The molecular formula is C17H21F2N3O3S. The average molecular weight is 385 g/mol. The molecule has 1 aromatic carbocycles. The maximum absolute atomic E-state index is 13.2. The first-order valence-corrected chi connectivity index (χ1v) is 8.80. The highest BCUT2D eigenvalue weighted by molar-refractivity contribution is 7.80. The number of carbonyl (C=O) groups excluding carboxylic acids is 2. The third kappa shape index (κ3) is 5.91. The summed E-state index contributed by atoms with van der Waals surface area (Å²) in [4.78, 5) is 23.4. The number of hydrogen-bond donors (Lipinski definition) is 3. The first-order chi connectivity index (χ1) is 12.4. The van der Waals surface area contributed by atoms with Crippen LogP contribution in [0.2, 0.25) is 0 Å². The molecule has 9 heteroatoms. The predicted octanol–water partition coefficient (Wildman–Crippen LogP) is 2.63. The van der Waals surface area contributed by atoms with Crippen molar-refractivity contribution in [2.24, 2.45) is 0 Å². The lowest BCUT2D eigenvalue weighted by Crippen LogP contribution is -2.48. The highest BCUT2D eigenvalue weighted by Gasteiger charge is 2.23. The maximum Gasteiger partial charge on any atom is 0.407 e. The van der Waals surface area contributed by atoms with Crippen LogP contribution in [0.5, 0.6) is 0 Å². The minimum Gasteiger partial charge on any atom is -0.450 e. The van der Waals surface area contributed by atoms with Crippen molar-refractivity contribution in [1.82, 2.24) is 16.0 Å². The molecule has 0 aromatic heterocycles. The molecule has 0 spiro atoms. The van der Waals surface area contributed by atoms with Gasteiger partial charge >= 0.3 is 6.09 Å². The number of alkyl carbamates (subject to hydrolysis) is 1. The van der Waals surface area contributed by atoms with Crippen molar-refractivity contribution < 1.29 is 23.1 Å². The summed E-state index contributed by atoms with van der Waals surface area (Å²) in [6.07, 6.45) is 2.63. The van der Waals surface area contributed by atoms with Crippen LogP contribution in [0.1, 0.15) is 43.0 Å². The van der Waals surface area contributed by atoms with Gasteiger partial charge in [-0.3, -0.25) is 10.1 Å². The fraction of sp³-hybridized carbons (Fsp3) is 0.471. The summed E-state index contributed by atoms with van der Waals surface area (Å²) in [6, 6.07) is 3.01. The van der Waals surface area contributed by atoms with Crippen molar-refractivity contribution in [2.45, 2.75) is 44.7 Å². The van der Waals surface area contributed by atoms with Gasteiger partial charge in [-0.2, -0.15) is 0 Å². The summed E-state index contributed by atoms with van der Waals surface area (Å²) >= 11 is 5.10. The summed E-state index contributed by atoms with van der Waals surface area (Å²) in [5, 5.41) is 8.41. The minimum atomic E-state index is -1.09. The van der Waals surface area contributed by atoms with Gasteiger partial charge in [0.05, 0.1) is 6.61 Å². The smallest absolute Gasteiger partial charge is 0.407 e. The van der Waals surface area contributed by atoms with E-state index in [2.05, 4.69) is 16.0 Å². The molecule has 1 fully saturated rings. The number of hydrogen-bond acceptors (Lipinski definition) is 4. The Kier molecular flexibility index (Phi) is 7.26. The Balaban J connectivity index is 1.75. The molecule has 1 aromatic rings. The summed E-state index contributed by atoms with van der Waals surface area (Å²) in [6.45, 7) is 2.07. The van der Waals surface area contributed by atoms with E-state index in [1.54, 1.807) is 6.92 Å². The van der Waals surface area contributed by atoms with Gasteiger partial charge < -0.3 is 15.4 Å². The van der Waals surface area contributed by atoms with Crippen LogP contribution in [0.3, 0.4) is 0 Å². The Hall–Kier alpha value is -2.29. The van der Waals surface area contributed by atoms with E-state index in [1.807, 2.05) is 0 Å². The second kappa shape index (κ2) is 9.42. The van der Waals surface area contributed by atoms with Crippen LogP contribution >= 0.6 is 12.2 Å². The molecule has 142 valence electrons. The number of benzene rings is 1. The molecule has 0 atom stereocenters. The number of carbonyl (C=O) groups is 2. The molecule has 26 heavy (non-hydrogen) atoms. The van der Waals surface area contributed by atoms with Crippen LogP contribution < -0.4 is 16.0 Å². The monoisotopic (exact) mass is 385 g/mol. The van der Waals surface area contributed by atoms with Crippen LogP contribution in [0, 0.1) is 11.6 Å². The van der Waals surface area contributed by atoms with E-state index in [0.717, 1.165) is 37.8 Å². The standard InChI is InChI=1S/C17H21F2N3O3S/c1-2-25-17(24)21-12-6-4-11(5-7-12)20-16(26)22-15(23)10-3-8-13(18)14(19)9-10/h3,8-9,11-12H,2,4-7H2,1H3,(H,21,24)(H2,20,22,23,26)/t11-,12-. The van der Waals surface area contributed by atoms with Gasteiger partial charge in [0.2, 0.25) is 0 Å². The molecule has 0 unspecified atom stereocenters. The van der Waals surface area contributed by atoms with Gasteiger partial charge in [0.15, 0.2) is 16.7 Å². The first kappa shape index (κ1) is 20.0. The van der Waals surface area contributed by atoms with Crippen LogP contribution in [-0.4, -0.2) is 35.8 Å². The van der Waals surface area contributed by atoms with E-state index in [9.17, 15) is 18.4 Å². The molecule has 0 bridgehead atoms. The molecular weight excluding hydrogens is 364 g/mol. The van der Waals surface area contributed by atoms with Crippen LogP contribution in [0.15, 0.2) is 18.2 Å². The van der Waals surface area contributed by atoms with E-state index >= 15 is 0 Å². The number of amides is 2. The van der Waals surface area contributed by atoms with Crippen molar-refractivity contribution >= 4 is 29.3 Å². The second-order valence-corrected chi connectivity index (χ2v) is 6.38. The Morgan fingerprint density at radius 1 is 1.12 bits per heavy atom. The van der Waals surface area contributed by atoms with Crippen LogP contribution in [-0.2, 0) is 4.74 Å². The largest absolute Gasteiger partial charge is 0.450 e. The Labute approximate surface area is 155 Å². The third-order valence-electron chi connectivity index (χ3n) is 4.07. The van der Waals surface area contributed by atoms with E-state index in [-0.39, 0.29) is 22.8 Å². The Morgan fingerprint density at radius 2 is 1.73 bits per heavy atom.